The predicted octanol–water partition coefficient (Wildman–Crippen LogP) is 1.50. The average Bonchev–Trinajstić information content (AvgIpc) is 3.17. The van der Waals surface area contributed by atoms with E-state index in [9.17, 15) is 4.79 Å². The summed E-state index contributed by atoms with van der Waals surface area (Å²) in [4.78, 5) is 16.0. The summed E-state index contributed by atoms with van der Waals surface area (Å²) in [6.45, 7) is 11.0. The second-order valence-electron chi connectivity index (χ2n) is 6.44. The predicted molar refractivity (Wildman–Crippen MR) is 101 cm³/mol. The number of amides is 1. The van der Waals surface area contributed by atoms with Crippen molar-refractivity contribution in [3.8, 4) is 0 Å². The minimum atomic E-state index is -0.227. The summed E-state index contributed by atoms with van der Waals surface area (Å²) < 4.78 is 5.55. The Morgan fingerprint density at radius 3 is 2.50 bits per heavy atom. The van der Waals surface area contributed by atoms with E-state index in [0.29, 0.717) is 19.1 Å². The van der Waals surface area contributed by atoms with Gasteiger partial charge in [0.25, 0.3) is 0 Å². The van der Waals surface area contributed by atoms with Crippen molar-refractivity contribution in [1.29, 1.82) is 0 Å². The fraction of sp³-hybridized carbons (Fsp3) is 0.867. The molecule has 22 heavy (non-hydrogen) atoms. The van der Waals surface area contributed by atoms with Crippen LogP contribution in [0.3, 0.4) is 0 Å². The summed E-state index contributed by atoms with van der Waals surface area (Å²) in [6.07, 6.45) is 2.61. The highest BCUT2D eigenvalue weighted by atomic mass is 127. The molecule has 0 saturated heterocycles. The lowest BCUT2D eigenvalue weighted by Crippen LogP contribution is -2.43. The molecule has 1 amide bonds. The highest BCUT2D eigenvalue weighted by Gasteiger charge is 2.20. The van der Waals surface area contributed by atoms with Crippen LogP contribution in [0.15, 0.2) is 4.99 Å². The topological polar surface area (TPSA) is 74.8 Å². The van der Waals surface area contributed by atoms with Crippen LogP contribution in [-0.4, -0.2) is 50.3 Å². The maximum atomic E-state index is 11.7. The highest BCUT2D eigenvalue weighted by Crippen LogP contribution is 2.28. The minimum Gasteiger partial charge on any atom is -0.379 e. The summed E-state index contributed by atoms with van der Waals surface area (Å²) in [5.41, 5.74) is -0.227. The fourth-order valence-electron chi connectivity index (χ4n) is 1.73. The number of nitrogens with one attached hydrogen (secondary N) is 3. The lowest BCUT2D eigenvalue weighted by Gasteiger charge is -2.20. The standard InChI is InChI=1S/C15H30N4O2.HI/c1-5-16-14(17-8-9-21-11-12-6-7-12)18-10-13(20)19-15(2,3)4;/h12H,5-11H2,1-4H3,(H,19,20)(H2,16,17,18);1H. The largest absolute Gasteiger partial charge is 0.379 e. The van der Waals surface area contributed by atoms with E-state index in [2.05, 4.69) is 20.9 Å². The van der Waals surface area contributed by atoms with Gasteiger partial charge in [-0.1, -0.05) is 0 Å². The smallest absolute Gasteiger partial charge is 0.242 e. The molecule has 0 atom stereocenters. The SMILES string of the molecule is CCNC(=NCC(=O)NC(C)(C)C)NCCOCC1CC1.I. The summed E-state index contributed by atoms with van der Waals surface area (Å²) in [5, 5.41) is 9.17. The van der Waals surface area contributed by atoms with E-state index in [4.69, 9.17) is 4.74 Å². The Kier molecular flexibility index (Phi) is 10.8. The molecular formula is C15H31IN4O2. The van der Waals surface area contributed by atoms with E-state index in [1.54, 1.807) is 0 Å². The molecule has 1 aliphatic carbocycles. The van der Waals surface area contributed by atoms with Gasteiger partial charge < -0.3 is 20.7 Å². The first-order valence-corrected chi connectivity index (χ1v) is 7.81. The lowest BCUT2D eigenvalue weighted by atomic mass is 10.1. The van der Waals surface area contributed by atoms with Gasteiger partial charge in [-0.25, -0.2) is 4.99 Å². The number of hydrogen-bond donors (Lipinski definition) is 3. The van der Waals surface area contributed by atoms with Gasteiger partial charge in [-0.2, -0.15) is 0 Å². The molecule has 0 aromatic carbocycles. The molecule has 0 bridgehead atoms. The van der Waals surface area contributed by atoms with Gasteiger partial charge in [-0.15, -0.1) is 24.0 Å². The van der Waals surface area contributed by atoms with E-state index in [0.717, 1.165) is 19.1 Å². The third-order valence-electron chi connectivity index (χ3n) is 2.83. The Bertz CT molecular complexity index is 352. The number of aliphatic imine (C=N–C) groups is 1. The molecule has 130 valence electrons. The molecule has 0 radical (unpaired) electrons. The maximum absolute atomic E-state index is 11.7. The van der Waals surface area contributed by atoms with E-state index >= 15 is 0 Å². The van der Waals surface area contributed by atoms with Crippen LogP contribution < -0.4 is 16.0 Å². The van der Waals surface area contributed by atoms with E-state index < -0.39 is 0 Å². The van der Waals surface area contributed by atoms with Crippen molar-refractivity contribution in [3.05, 3.63) is 0 Å². The van der Waals surface area contributed by atoms with Gasteiger partial charge in [-0.3, -0.25) is 4.79 Å². The average molecular weight is 426 g/mol. The van der Waals surface area contributed by atoms with E-state index in [1.165, 1.54) is 12.8 Å². The summed E-state index contributed by atoms with van der Waals surface area (Å²) in [6, 6.07) is 0. The molecule has 0 spiro atoms. The molecular weight excluding hydrogens is 395 g/mol. The first-order valence-electron chi connectivity index (χ1n) is 7.81. The first-order chi connectivity index (χ1) is 9.90. The van der Waals surface area contributed by atoms with Crippen LogP contribution >= 0.6 is 24.0 Å². The van der Waals surface area contributed by atoms with Gasteiger partial charge >= 0.3 is 0 Å². The Morgan fingerprint density at radius 2 is 1.95 bits per heavy atom. The van der Waals surface area contributed by atoms with Crippen LogP contribution in [0.2, 0.25) is 0 Å². The molecule has 1 rings (SSSR count). The molecule has 0 aliphatic heterocycles. The van der Waals surface area contributed by atoms with Crippen molar-refractivity contribution < 1.29 is 9.53 Å². The Labute approximate surface area is 151 Å². The molecule has 6 nitrogen and oxygen atoms in total. The molecule has 0 unspecified atom stereocenters. The number of carbonyl (C=O) groups excluding carboxylic acids is 1. The number of hydrogen-bond acceptors (Lipinski definition) is 3. The van der Waals surface area contributed by atoms with Crippen molar-refractivity contribution >= 4 is 35.8 Å². The van der Waals surface area contributed by atoms with Crippen LogP contribution in [-0.2, 0) is 9.53 Å². The Hall–Kier alpha value is -0.570. The van der Waals surface area contributed by atoms with Gasteiger partial charge in [0.05, 0.1) is 6.61 Å². The third kappa shape index (κ3) is 12.0. The molecule has 1 fully saturated rings. The second-order valence-corrected chi connectivity index (χ2v) is 6.44. The zero-order chi connectivity index (χ0) is 15.7. The van der Waals surface area contributed by atoms with E-state index in [1.807, 2.05) is 27.7 Å². The van der Waals surface area contributed by atoms with Crippen molar-refractivity contribution in [2.24, 2.45) is 10.9 Å². The van der Waals surface area contributed by atoms with Gasteiger partial charge in [0.2, 0.25) is 5.91 Å². The van der Waals surface area contributed by atoms with Crippen LogP contribution in [0.1, 0.15) is 40.5 Å². The number of nitrogens with zero attached hydrogens (tertiary/aromatic N) is 1. The molecule has 0 aromatic rings. The van der Waals surface area contributed by atoms with Crippen LogP contribution in [0, 0.1) is 5.92 Å². The third-order valence-corrected chi connectivity index (χ3v) is 2.83. The van der Waals surface area contributed by atoms with Crippen molar-refractivity contribution in [2.75, 3.05) is 32.8 Å². The zero-order valence-electron chi connectivity index (χ0n) is 14.2. The van der Waals surface area contributed by atoms with Crippen molar-refractivity contribution in [1.82, 2.24) is 16.0 Å². The zero-order valence-corrected chi connectivity index (χ0v) is 16.5. The minimum absolute atomic E-state index is 0. The number of halogens is 1. The Balaban J connectivity index is 0.00000441. The summed E-state index contributed by atoms with van der Waals surface area (Å²) in [7, 11) is 0. The molecule has 3 N–H and O–H groups in total. The maximum Gasteiger partial charge on any atom is 0.242 e. The quantitative estimate of drug-likeness (QED) is 0.238. The highest BCUT2D eigenvalue weighted by molar-refractivity contribution is 14.0. The van der Waals surface area contributed by atoms with Gasteiger partial charge in [0, 0.05) is 25.2 Å². The lowest BCUT2D eigenvalue weighted by molar-refractivity contribution is -0.121. The molecule has 1 aliphatic rings. The molecule has 0 aromatic heterocycles. The fourth-order valence-corrected chi connectivity index (χ4v) is 1.73. The number of carbonyl (C=O) groups is 1. The normalized spacial score (nSPS) is 15.0. The van der Waals surface area contributed by atoms with Crippen molar-refractivity contribution in [2.45, 2.75) is 46.1 Å². The first kappa shape index (κ1) is 21.4. The number of ether oxygens (including phenoxy) is 1. The Morgan fingerprint density at radius 1 is 1.27 bits per heavy atom. The monoisotopic (exact) mass is 426 g/mol. The molecule has 7 heteroatoms. The van der Waals surface area contributed by atoms with Crippen LogP contribution in [0.25, 0.3) is 0 Å². The van der Waals surface area contributed by atoms with Crippen LogP contribution in [0.4, 0.5) is 0 Å². The molecule has 0 heterocycles. The number of rotatable bonds is 8. The second kappa shape index (κ2) is 11.0. The van der Waals surface area contributed by atoms with Crippen LogP contribution in [0.5, 0.6) is 0 Å². The number of guanidine groups is 1. The van der Waals surface area contributed by atoms with Gasteiger partial charge in [0.15, 0.2) is 5.96 Å². The van der Waals surface area contributed by atoms with Crippen molar-refractivity contribution in [3.63, 3.8) is 0 Å². The summed E-state index contributed by atoms with van der Waals surface area (Å²) >= 11 is 0. The summed E-state index contributed by atoms with van der Waals surface area (Å²) in [5.74, 6) is 1.36. The van der Waals surface area contributed by atoms with E-state index in [-0.39, 0.29) is 42.0 Å². The van der Waals surface area contributed by atoms with Gasteiger partial charge in [0.1, 0.15) is 6.54 Å². The molecule has 1 saturated carbocycles. The van der Waals surface area contributed by atoms with Gasteiger partial charge in [-0.05, 0) is 46.5 Å².